The monoisotopic (exact) mass is 527 g/mol. The highest BCUT2D eigenvalue weighted by molar-refractivity contribution is 5.92. The average molecular weight is 528 g/mol. The fourth-order valence-corrected chi connectivity index (χ4v) is 4.33. The molecule has 6 nitrogen and oxygen atoms in total. The van der Waals surface area contributed by atoms with Gasteiger partial charge in [-0.2, -0.15) is 13.2 Å². The van der Waals surface area contributed by atoms with E-state index in [2.05, 4.69) is 0 Å². The number of ether oxygens (including phenoxy) is 3. The molecule has 4 aromatic rings. The van der Waals surface area contributed by atoms with Gasteiger partial charge in [0.15, 0.2) is 11.9 Å². The Morgan fingerprint density at radius 1 is 0.974 bits per heavy atom. The van der Waals surface area contributed by atoms with Crippen molar-refractivity contribution in [3.05, 3.63) is 83.6 Å². The van der Waals surface area contributed by atoms with Crippen LogP contribution in [0.25, 0.3) is 10.9 Å². The second-order valence-electron chi connectivity index (χ2n) is 9.24. The number of benzene rings is 3. The van der Waals surface area contributed by atoms with Crippen molar-refractivity contribution in [3.8, 4) is 23.0 Å². The standard InChI is InChI=1S/C29H28F3NO5/c1-17(2)26(28(34)35)38-22-8-5-7-19(15-22)16-33-18(3)27(37-21-13-11-20(36-4)12-14-21)25-23(29(30,31)32)9-6-10-24(25)33/h5-15,17,26H,16H2,1-4H3,(H,34,35). The van der Waals surface area contributed by atoms with Crippen molar-refractivity contribution in [3.63, 3.8) is 0 Å². The van der Waals surface area contributed by atoms with E-state index in [0.717, 1.165) is 11.6 Å². The summed E-state index contributed by atoms with van der Waals surface area (Å²) in [5.41, 5.74) is 0.796. The van der Waals surface area contributed by atoms with Crippen LogP contribution < -0.4 is 14.2 Å². The minimum atomic E-state index is -4.59. The maximum atomic E-state index is 14.1. The van der Waals surface area contributed by atoms with Crippen LogP contribution in [-0.4, -0.2) is 28.9 Å². The van der Waals surface area contributed by atoms with Gasteiger partial charge in [0, 0.05) is 12.5 Å². The van der Waals surface area contributed by atoms with Crippen molar-refractivity contribution in [2.75, 3.05) is 7.11 Å². The van der Waals surface area contributed by atoms with Crippen LogP contribution in [0.2, 0.25) is 0 Å². The van der Waals surface area contributed by atoms with Crippen molar-refractivity contribution in [2.24, 2.45) is 5.92 Å². The predicted molar refractivity (Wildman–Crippen MR) is 137 cm³/mol. The molecule has 1 aromatic heterocycles. The van der Waals surface area contributed by atoms with Crippen LogP contribution in [-0.2, 0) is 17.5 Å². The van der Waals surface area contributed by atoms with E-state index in [9.17, 15) is 23.1 Å². The molecule has 1 heterocycles. The number of carboxylic acid groups (broad SMARTS) is 1. The van der Waals surface area contributed by atoms with Crippen molar-refractivity contribution in [2.45, 2.75) is 39.6 Å². The summed E-state index contributed by atoms with van der Waals surface area (Å²) in [5.74, 6) is 0.105. The smallest absolute Gasteiger partial charge is 0.417 e. The normalized spacial score (nSPS) is 12.5. The number of nitrogens with zero attached hydrogens (tertiary/aromatic N) is 1. The second-order valence-corrected chi connectivity index (χ2v) is 9.24. The Kier molecular flexibility index (Phi) is 7.57. The summed E-state index contributed by atoms with van der Waals surface area (Å²) in [5, 5.41) is 9.43. The number of fused-ring (bicyclic) bond motifs is 1. The van der Waals surface area contributed by atoms with E-state index in [-0.39, 0.29) is 23.6 Å². The molecule has 0 saturated heterocycles. The first-order chi connectivity index (χ1) is 18.0. The van der Waals surface area contributed by atoms with Gasteiger partial charge in [-0.3, -0.25) is 0 Å². The van der Waals surface area contributed by atoms with Gasteiger partial charge in [0.05, 0.1) is 29.3 Å². The number of aliphatic carboxylic acids is 1. The molecule has 0 aliphatic rings. The topological polar surface area (TPSA) is 69.9 Å². The van der Waals surface area contributed by atoms with E-state index in [0.29, 0.717) is 28.5 Å². The summed E-state index contributed by atoms with van der Waals surface area (Å²) in [6.45, 7) is 5.42. The Balaban J connectivity index is 1.78. The first-order valence-electron chi connectivity index (χ1n) is 12.0. The summed E-state index contributed by atoms with van der Waals surface area (Å²) in [6.07, 6.45) is -5.62. The highest BCUT2D eigenvalue weighted by atomic mass is 19.4. The van der Waals surface area contributed by atoms with Gasteiger partial charge in [-0.15, -0.1) is 0 Å². The summed E-state index contributed by atoms with van der Waals surface area (Å²) in [4.78, 5) is 11.6. The van der Waals surface area contributed by atoms with E-state index in [1.807, 2.05) is 0 Å². The minimum Gasteiger partial charge on any atom is -0.497 e. The maximum Gasteiger partial charge on any atom is 0.417 e. The number of hydrogen-bond donors (Lipinski definition) is 1. The lowest BCUT2D eigenvalue weighted by molar-refractivity contribution is -0.147. The van der Waals surface area contributed by atoms with Gasteiger partial charge in [-0.25, -0.2) is 4.79 Å². The largest absolute Gasteiger partial charge is 0.497 e. The first kappa shape index (κ1) is 26.9. The molecule has 0 amide bonds. The van der Waals surface area contributed by atoms with E-state index in [4.69, 9.17) is 14.2 Å². The molecule has 200 valence electrons. The zero-order chi connectivity index (χ0) is 27.6. The van der Waals surface area contributed by atoms with Gasteiger partial charge in [0.25, 0.3) is 0 Å². The number of halogens is 3. The molecule has 0 aliphatic carbocycles. The number of alkyl halides is 3. The predicted octanol–water partition coefficient (Wildman–Crippen LogP) is 7.31. The molecule has 0 aliphatic heterocycles. The van der Waals surface area contributed by atoms with E-state index >= 15 is 0 Å². The SMILES string of the molecule is COc1ccc(Oc2c(C)n(Cc3cccc(OC(C(=O)O)C(C)C)c3)c3cccc(C(F)(F)F)c23)cc1. The zero-order valence-electron chi connectivity index (χ0n) is 21.4. The van der Waals surface area contributed by atoms with Gasteiger partial charge < -0.3 is 23.9 Å². The summed E-state index contributed by atoms with van der Waals surface area (Å²) in [7, 11) is 1.52. The Morgan fingerprint density at radius 2 is 1.63 bits per heavy atom. The molecule has 0 radical (unpaired) electrons. The van der Waals surface area contributed by atoms with Crippen molar-refractivity contribution < 1.29 is 37.3 Å². The van der Waals surface area contributed by atoms with Gasteiger partial charge in [-0.05, 0) is 61.0 Å². The molecule has 38 heavy (non-hydrogen) atoms. The number of aromatic nitrogens is 1. The fourth-order valence-electron chi connectivity index (χ4n) is 4.33. The Hall–Kier alpha value is -4.14. The highest BCUT2D eigenvalue weighted by Crippen LogP contribution is 2.44. The van der Waals surface area contributed by atoms with E-state index in [1.54, 1.807) is 79.9 Å². The molecular weight excluding hydrogens is 499 g/mol. The minimum absolute atomic E-state index is 0.0357. The number of methoxy groups -OCH3 is 1. The van der Waals surface area contributed by atoms with Crippen molar-refractivity contribution >= 4 is 16.9 Å². The molecule has 4 rings (SSSR count). The van der Waals surface area contributed by atoms with Crippen LogP contribution in [0.15, 0.2) is 66.7 Å². The van der Waals surface area contributed by atoms with Gasteiger partial charge in [0.1, 0.15) is 17.2 Å². The fraction of sp³-hybridized carbons (Fsp3) is 0.276. The van der Waals surface area contributed by atoms with Gasteiger partial charge in [0.2, 0.25) is 0 Å². The lowest BCUT2D eigenvalue weighted by atomic mass is 10.1. The molecule has 1 unspecified atom stereocenters. The molecule has 0 saturated carbocycles. The highest BCUT2D eigenvalue weighted by Gasteiger charge is 2.35. The summed E-state index contributed by atoms with van der Waals surface area (Å²) < 4.78 is 60.8. The summed E-state index contributed by atoms with van der Waals surface area (Å²) in [6, 6.07) is 17.5. The molecule has 1 atom stereocenters. The van der Waals surface area contributed by atoms with E-state index in [1.165, 1.54) is 13.2 Å². The Morgan fingerprint density at radius 3 is 2.24 bits per heavy atom. The lowest BCUT2D eigenvalue weighted by Gasteiger charge is -2.19. The lowest BCUT2D eigenvalue weighted by Crippen LogP contribution is -2.32. The summed E-state index contributed by atoms with van der Waals surface area (Å²) >= 11 is 0. The molecule has 1 N–H and O–H groups in total. The van der Waals surface area contributed by atoms with Crippen LogP contribution >= 0.6 is 0 Å². The van der Waals surface area contributed by atoms with Crippen LogP contribution in [0.4, 0.5) is 13.2 Å². The third kappa shape index (κ3) is 5.56. The van der Waals surface area contributed by atoms with Crippen molar-refractivity contribution in [1.82, 2.24) is 4.57 Å². The molecular formula is C29H28F3NO5. The van der Waals surface area contributed by atoms with Gasteiger partial charge >= 0.3 is 12.1 Å². The second kappa shape index (κ2) is 10.7. The number of rotatable bonds is 9. The molecule has 0 fully saturated rings. The average Bonchev–Trinajstić information content (AvgIpc) is 3.13. The Labute approximate surface area is 218 Å². The van der Waals surface area contributed by atoms with E-state index < -0.39 is 23.8 Å². The zero-order valence-corrected chi connectivity index (χ0v) is 21.4. The van der Waals surface area contributed by atoms with Crippen LogP contribution in [0.5, 0.6) is 23.0 Å². The van der Waals surface area contributed by atoms with Crippen LogP contribution in [0.3, 0.4) is 0 Å². The third-order valence-electron chi connectivity index (χ3n) is 6.23. The Bertz CT molecular complexity index is 1440. The molecule has 9 heteroatoms. The molecule has 3 aromatic carbocycles. The maximum absolute atomic E-state index is 14.1. The molecule has 0 spiro atoms. The van der Waals surface area contributed by atoms with Crippen molar-refractivity contribution in [1.29, 1.82) is 0 Å². The number of carboxylic acids is 1. The number of hydrogen-bond acceptors (Lipinski definition) is 4. The third-order valence-corrected chi connectivity index (χ3v) is 6.23. The first-order valence-corrected chi connectivity index (χ1v) is 12.0. The quantitative estimate of drug-likeness (QED) is 0.247. The number of carbonyl (C=O) groups is 1. The molecule has 0 bridgehead atoms. The van der Waals surface area contributed by atoms with Crippen LogP contribution in [0, 0.1) is 12.8 Å². The van der Waals surface area contributed by atoms with Crippen LogP contribution in [0.1, 0.15) is 30.7 Å². The van der Waals surface area contributed by atoms with Gasteiger partial charge in [-0.1, -0.05) is 32.0 Å².